The molecule has 106 valence electrons. The van der Waals surface area contributed by atoms with Gasteiger partial charge in [0.1, 0.15) is 24.7 Å². The summed E-state index contributed by atoms with van der Waals surface area (Å²) < 4.78 is 11.1. The van der Waals surface area contributed by atoms with Gasteiger partial charge >= 0.3 is 0 Å². The van der Waals surface area contributed by atoms with E-state index in [1.807, 2.05) is 31.3 Å². The molecule has 0 atom stereocenters. The van der Waals surface area contributed by atoms with E-state index in [1.165, 1.54) is 5.56 Å². The van der Waals surface area contributed by atoms with Gasteiger partial charge in [-0.1, -0.05) is 23.7 Å². The Morgan fingerprint density at radius 1 is 1.05 bits per heavy atom. The quantitative estimate of drug-likeness (QED) is 0.797. The highest BCUT2D eigenvalue weighted by atomic mass is 35.5. The van der Waals surface area contributed by atoms with Gasteiger partial charge in [-0.05, 0) is 24.7 Å². The van der Waals surface area contributed by atoms with Gasteiger partial charge in [0.2, 0.25) is 0 Å². The molecule has 4 nitrogen and oxygen atoms in total. The molecule has 0 radical (unpaired) electrons. The van der Waals surface area contributed by atoms with Crippen molar-refractivity contribution in [1.29, 1.82) is 0 Å². The molecule has 0 aliphatic rings. The molecule has 5 heteroatoms. The molecule has 0 fully saturated rings. The number of rotatable bonds is 7. The molecule has 0 bridgehead atoms. The van der Waals surface area contributed by atoms with E-state index < -0.39 is 0 Å². The summed E-state index contributed by atoms with van der Waals surface area (Å²) in [7, 11) is 1.92. The van der Waals surface area contributed by atoms with E-state index >= 15 is 0 Å². The number of aromatic nitrogens is 1. The fraction of sp³-hybridized carbons (Fsp3) is 0.267. The highest BCUT2D eigenvalue weighted by Crippen LogP contribution is 2.15. The molecular formula is C15H17ClN2O2. The van der Waals surface area contributed by atoms with E-state index in [9.17, 15) is 0 Å². The minimum atomic E-state index is 0.445. The number of halogens is 1. The van der Waals surface area contributed by atoms with E-state index in [-0.39, 0.29) is 0 Å². The van der Waals surface area contributed by atoms with E-state index in [0.29, 0.717) is 24.0 Å². The predicted molar refractivity (Wildman–Crippen MR) is 79.4 cm³/mol. The Morgan fingerprint density at radius 2 is 1.75 bits per heavy atom. The molecule has 0 saturated carbocycles. The number of benzene rings is 1. The zero-order valence-corrected chi connectivity index (χ0v) is 12.1. The van der Waals surface area contributed by atoms with Crippen molar-refractivity contribution in [2.45, 2.75) is 6.54 Å². The van der Waals surface area contributed by atoms with Crippen molar-refractivity contribution in [3.05, 3.63) is 53.3 Å². The van der Waals surface area contributed by atoms with Crippen LogP contribution in [0.1, 0.15) is 5.56 Å². The standard InChI is InChI=1S/C15H17ClN2O2/c1-17-9-12-2-4-14(5-3-12)19-6-7-20-15-8-13(16)10-18-11-15/h2-5,8,10-11,17H,6-7,9H2,1H3. The number of hydrogen-bond donors (Lipinski definition) is 1. The maximum absolute atomic E-state index is 5.82. The Hall–Kier alpha value is -1.78. The van der Waals surface area contributed by atoms with E-state index in [1.54, 1.807) is 18.5 Å². The van der Waals surface area contributed by atoms with E-state index in [2.05, 4.69) is 10.3 Å². The van der Waals surface area contributed by atoms with Crippen LogP contribution in [-0.4, -0.2) is 25.2 Å². The first kappa shape index (κ1) is 14.6. The normalized spacial score (nSPS) is 10.3. The number of pyridine rings is 1. The van der Waals surface area contributed by atoms with Crippen molar-refractivity contribution in [3.63, 3.8) is 0 Å². The van der Waals surface area contributed by atoms with Gasteiger partial charge in [0.25, 0.3) is 0 Å². The van der Waals surface area contributed by atoms with Crippen LogP contribution in [0.25, 0.3) is 0 Å². The van der Waals surface area contributed by atoms with Crippen LogP contribution in [0.3, 0.4) is 0 Å². The second-order valence-electron chi connectivity index (χ2n) is 4.21. The van der Waals surface area contributed by atoms with Crippen LogP contribution in [0.2, 0.25) is 5.02 Å². The first-order valence-electron chi connectivity index (χ1n) is 6.37. The van der Waals surface area contributed by atoms with Crippen molar-refractivity contribution in [1.82, 2.24) is 10.3 Å². The second-order valence-corrected chi connectivity index (χ2v) is 4.65. The Kier molecular flexibility index (Phi) is 5.65. The fourth-order valence-electron chi connectivity index (χ4n) is 1.70. The van der Waals surface area contributed by atoms with Crippen LogP contribution in [0.4, 0.5) is 0 Å². The van der Waals surface area contributed by atoms with Crippen LogP contribution >= 0.6 is 11.6 Å². The minimum Gasteiger partial charge on any atom is -0.490 e. The minimum absolute atomic E-state index is 0.445. The maximum Gasteiger partial charge on any atom is 0.139 e. The highest BCUT2D eigenvalue weighted by Gasteiger charge is 1.98. The van der Waals surface area contributed by atoms with Crippen LogP contribution in [0.15, 0.2) is 42.7 Å². The summed E-state index contributed by atoms with van der Waals surface area (Å²) >= 11 is 5.82. The number of nitrogens with one attached hydrogen (secondary N) is 1. The van der Waals surface area contributed by atoms with Crippen LogP contribution in [0, 0.1) is 0 Å². The Balaban J connectivity index is 1.73. The monoisotopic (exact) mass is 292 g/mol. The predicted octanol–water partition coefficient (Wildman–Crippen LogP) is 2.91. The lowest BCUT2D eigenvalue weighted by Gasteiger charge is -2.09. The van der Waals surface area contributed by atoms with Gasteiger partial charge < -0.3 is 14.8 Å². The molecule has 1 heterocycles. The topological polar surface area (TPSA) is 43.4 Å². The van der Waals surface area contributed by atoms with Crippen LogP contribution in [-0.2, 0) is 6.54 Å². The molecule has 2 aromatic rings. The molecule has 2 rings (SSSR count). The van der Waals surface area contributed by atoms with Crippen molar-refractivity contribution >= 4 is 11.6 Å². The fourth-order valence-corrected chi connectivity index (χ4v) is 1.86. The molecule has 20 heavy (non-hydrogen) atoms. The third-order valence-electron chi connectivity index (χ3n) is 2.60. The van der Waals surface area contributed by atoms with Gasteiger partial charge in [0, 0.05) is 18.8 Å². The Labute approximate surface area is 123 Å². The lowest BCUT2D eigenvalue weighted by atomic mass is 10.2. The first-order valence-corrected chi connectivity index (χ1v) is 6.75. The Morgan fingerprint density at radius 3 is 2.40 bits per heavy atom. The average Bonchev–Trinajstić information content (AvgIpc) is 2.46. The molecule has 1 aromatic carbocycles. The molecule has 1 N–H and O–H groups in total. The molecular weight excluding hydrogens is 276 g/mol. The van der Waals surface area contributed by atoms with Gasteiger partial charge in [0.15, 0.2) is 0 Å². The maximum atomic E-state index is 5.82. The molecule has 0 amide bonds. The largest absolute Gasteiger partial charge is 0.490 e. The lowest BCUT2D eigenvalue weighted by molar-refractivity contribution is 0.216. The van der Waals surface area contributed by atoms with E-state index in [0.717, 1.165) is 12.3 Å². The second kappa shape index (κ2) is 7.72. The van der Waals surface area contributed by atoms with Crippen molar-refractivity contribution in [2.75, 3.05) is 20.3 Å². The summed E-state index contributed by atoms with van der Waals surface area (Å²) in [5.41, 5.74) is 1.22. The zero-order valence-electron chi connectivity index (χ0n) is 11.3. The highest BCUT2D eigenvalue weighted by molar-refractivity contribution is 6.30. The van der Waals surface area contributed by atoms with E-state index in [4.69, 9.17) is 21.1 Å². The average molecular weight is 293 g/mol. The van der Waals surface area contributed by atoms with Gasteiger partial charge in [-0.15, -0.1) is 0 Å². The summed E-state index contributed by atoms with van der Waals surface area (Å²) in [6, 6.07) is 9.70. The van der Waals surface area contributed by atoms with Gasteiger partial charge in [-0.25, -0.2) is 0 Å². The SMILES string of the molecule is CNCc1ccc(OCCOc2cncc(Cl)c2)cc1. The number of ether oxygens (including phenoxy) is 2. The number of nitrogens with zero attached hydrogens (tertiary/aromatic N) is 1. The molecule has 0 aliphatic heterocycles. The van der Waals surface area contributed by atoms with Crippen LogP contribution in [0.5, 0.6) is 11.5 Å². The molecule has 0 saturated heterocycles. The summed E-state index contributed by atoms with van der Waals surface area (Å²) in [6.45, 7) is 1.77. The Bertz CT molecular complexity index is 532. The third-order valence-corrected chi connectivity index (χ3v) is 2.81. The van der Waals surface area contributed by atoms with Crippen molar-refractivity contribution < 1.29 is 9.47 Å². The molecule has 1 aromatic heterocycles. The molecule has 0 aliphatic carbocycles. The molecule has 0 spiro atoms. The zero-order chi connectivity index (χ0) is 14.2. The van der Waals surface area contributed by atoms with Gasteiger partial charge in [-0.3, -0.25) is 4.98 Å². The summed E-state index contributed by atoms with van der Waals surface area (Å²) in [4.78, 5) is 3.94. The van der Waals surface area contributed by atoms with Crippen molar-refractivity contribution in [2.24, 2.45) is 0 Å². The summed E-state index contributed by atoms with van der Waals surface area (Å²) in [5, 5.41) is 3.66. The number of hydrogen-bond acceptors (Lipinski definition) is 4. The molecule has 0 unspecified atom stereocenters. The third kappa shape index (κ3) is 4.72. The van der Waals surface area contributed by atoms with Crippen molar-refractivity contribution in [3.8, 4) is 11.5 Å². The first-order chi connectivity index (χ1) is 9.78. The van der Waals surface area contributed by atoms with Gasteiger partial charge in [-0.2, -0.15) is 0 Å². The van der Waals surface area contributed by atoms with Crippen LogP contribution < -0.4 is 14.8 Å². The summed E-state index contributed by atoms with van der Waals surface area (Å²) in [5.74, 6) is 1.48. The van der Waals surface area contributed by atoms with Gasteiger partial charge in [0.05, 0.1) is 11.2 Å². The lowest BCUT2D eigenvalue weighted by Crippen LogP contribution is -2.09. The summed E-state index contributed by atoms with van der Waals surface area (Å²) in [6.07, 6.45) is 3.19. The smallest absolute Gasteiger partial charge is 0.139 e.